The number of carbonyl (C=O) groups is 4. The maximum absolute atomic E-state index is 13.9. The number of hydrogen-bond donors (Lipinski definition) is 5. The molecule has 4 unspecified atom stereocenters. The molecule has 0 bridgehead atoms. The molecular formula is C41H49N5O5S. The van der Waals surface area contributed by atoms with Crippen LogP contribution in [0.25, 0.3) is 10.8 Å². The van der Waals surface area contributed by atoms with Crippen molar-refractivity contribution in [2.75, 3.05) is 13.1 Å². The van der Waals surface area contributed by atoms with Crippen molar-refractivity contribution in [1.29, 1.82) is 0 Å². The third kappa shape index (κ3) is 11.1. The highest BCUT2D eigenvalue weighted by Gasteiger charge is 2.38. The molecule has 11 heteroatoms. The number of amides is 4. The Kier molecular flexibility index (Phi) is 13.1. The number of carbonyl (C=O) groups excluding carboxylic acids is 4. The summed E-state index contributed by atoms with van der Waals surface area (Å²) < 4.78 is 0. The summed E-state index contributed by atoms with van der Waals surface area (Å²) in [7, 11) is 0. The van der Waals surface area contributed by atoms with Crippen LogP contribution in [0.1, 0.15) is 56.0 Å². The fourth-order valence-corrected chi connectivity index (χ4v) is 7.71. The van der Waals surface area contributed by atoms with Gasteiger partial charge in [0.25, 0.3) is 5.91 Å². The van der Waals surface area contributed by atoms with Gasteiger partial charge >= 0.3 is 0 Å². The van der Waals surface area contributed by atoms with Gasteiger partial charge in [-0.05, 0) is 80.6 Å². The van der Waals surface area contributed by atoms with E-state index < -0.39 is 53.9 Å². The Morgan fingerprint density at radius 2 is 1.54 bits per heavy atom. The monoisotopic (exact) mass is 723 g/mol. The van der Waals surface area contributed by atoms with E-state index in [0.717, 1.165) is 27.7 Å². The van der Waals surface area contributed by atoms with Crippen LogP contribution in [0, 0.1) is 0 Å². The van der Waals surface area contributed by atoms with Gasteiger partial charge < -0.3 is 26.8 Å². The number of aliphatic hydroxyl groups is 1. The molecular weight excluding hydrogens is 675 g/mol. The normalized spacial score (nSPS) is 18.2. The zero-order valence-corrected chi connectivity index (χ0v) is 30.8. The Morgan fingerprint density at radius 3 is 2.21 bits per heavy atom. The maximum Gasteiger partial charge on any atom is 0.251 e. The number of aliphatic hydroxyl groups excluding tert-OH is 1. The standard InChI is InChI=1S/C41H49N5O5S/c1-41(2,3)45-40(51)35-24-32(52-31-16-8-5-9-17-31)20-21-46(35)26-36(47)33(22-27-12-6-4-7-13-27)43-39(50)34(25-37(42)48)44-38(49)30-19-18-28-14-10-11-15-29(28)23-30/h4-19,23,32-36,47H,20-22,24-26H2,1-3H3,(H2,42,48)(H,43,50)(H,44,49)(H,45,51)/t32?,33?,34-,35?,36?/m0/s1. The summed E-state index contributed by atoms with van der Waals surface area (Å²) in [5.41, 5.74) is 6.29. The van der Waals surface area contributed by atoms with Gasteiger partial charge in [0.05, 0.1) is 24.6 Å². The van der Waals surface area contributed by atoms with Crippen molar-refractivity contribution in [3.05, 3.63) is 114 Å². The summed E-state index contributed by atoms with van der Waals surface area (Å²) in [4.78, 5) is 56.2. The summed E-state index contributed by atoms with van der Waals surface area (Å²) in [6.45, 7) is 6.51. The van der Waals surface area contributed by atoms with Gasteiger partial charge in [-0.2, -0.15) is 0 Å². The van der Waals surface area contributed by atoms with E-state index in [-0.39, 0.29) is 24.1 Å². The lowest BCUT2D eigenvalue weighted by Crippen LogP contribution is -2.60. The molecule has 10 nitrogen and oxygen atoms in total. The third-order valence-electron chi connectivity index (χ3n) is 9.06. The fraction of sp³-hybridized carbons (Fsp3) is 0.366. The van der Waals surface area contributed by atoms with Gasteiger partial charge in [0, 0.05) is 34.3 Å². The first-order chi connectivity index (χ1) is 24.8. The van der Waals surface area contributed by atoms with Crippen molar-refractivity contribution in [3.8, 4) is 0 Å². The first-order valence-electron chi connectivity index (χ1n) is 17.7. The van der Waals surface area contributed by atoms with E-state index in [1.165, 1.54) is 0 Å². The van der Waals surface area contributed by atoms with E-state index in [1.807, 2.05) is 105 Å². The molecule has 274 valence electrons. The molecule has 4 aromatic carbocycles. The summed E-state index contributed by atoms with van der Waals surface area (Å²) in [5.74, 6) is -2.05. The number of fused-ring (bicyclic) bond motifs is 1. The van der Waals surface area contributed by atoms with E-state index in [9.17, 15) is 24.3 Å². The van der Waals surface area contributed by atoms with Crippen LogP contribution in [0.15, 0.2) is 108 Å². The molecule has 1 aliphatic heterocycles. The Balaban J connectivity index is 1.34. The molecule has 0 saturated carbocycles. The van der Waals surface area contributed by atoms with Crippen LogP contribution < -0.4 is 21.7 Å². The first kappa shape index (κ1) is 38.5. The van der Waals surface area contributed by atoms with Crippen LogP contribution >= 0.6 is 11.8 Å². The molecule has 4 amide bonds. The van der Waals surface area contributed by atoms with Gasteiger partial charge in [0.15, 0.2) is 0 Å². The van der Waals surface area contributed by atoms with Crippen LogP contribution in [-0.2, 0) is 20.8 Å². The molecule has 6 N–H and O–H groups in total. The van der Waals surface area contributed by atoms with Gasteiger partial charge in [0.2, 0.25) is 17.7 Å². The minimum Gasteiger partial charge on any atom is -0.390 e. The molecule has 5 rings (SSSR count). The molecule has 5 atom stereocenters. The lowest BCUT2D eigenvalue weighted by Gasteiger charge is -2.41. The van der Waals surface area contributed by atoms with Crippen molar-refractivity contribution < 1.29 is 24.3 Å². The van der Waals surface area contributed by atoms with E-state index >= 15 is 0 Å². The number of benzene rings is 4. The van der Waals surface area contributed by atoms with Gasteiger partial charge in [-0.1, -0.05) is 78.9 Å². The van der Waals surface area contributed by atoms with Crippen LogP contribution in [-0.4, -0.2) is 81.7 Å². The first-order valence-corrected chi connectivity index (χ1v) is 18.6. The SMILES string of the molecule is CC(C)(C)NC(=O)C1CC(Sc2ccccc2)CCN1CC(O)C(Cc1ccccc1)NC(=O)[C@H](CC(N)=O)NC(=O)c1ccc2ccccc2c1. The van der Waals surface area contributed by atoms with E-state index in [4.69, 9.17) is 5.73 Å². The minimum absolute atomic E-state index is 0.111. The second-order valence-electron chi connectivity index (χ2n) is 14.5. The highest BCUT2D eigenvalue weighted by atomic mass is 32.2. The highest BCUT2D eigenvalue weighted by Crippen LogP contribution is 2.33. The molecule has 1 aliphatic rings. The number of nitrogens with zero attached hydrogens (tertiary/aromatic N) is 1. The molecule has 1 heterocycles. The molecule has 0 radical (unpaired) electrons. The Labute approximate surface area is 309 Å². The summed E-state index contributed by atoms with van der Waals surface area (Å²) in [6, 6.07) is 29.8. The fourth-order valence-electron chi connectivity index (χ4n) is 6.51. The molecule has 1 fully saturated rings. The Morgan fingerprint density at radius 1 is 0.885 bits per heavy atom. The molecule has 0 aliphatic carbocycles. The van der Waals surface area contributed by atoms with Gasteiger partial charge in [-0.15, -0.1) is 11.8 Å². The van der Waals surface area contributed by atoms with Crippen LogP contribution in [0.4, 0.5) is 0 Å². The summed E-state index contributed by atoms with van der Waals surface area (Å²) >= 11 is 1.75. The number of β-amino-alcohol motifs (C(OH)–C–C–N with tert-alkyl or cyclic N) is 1. The summed E-state index contributed by atoms with van der Waals surface area (Å²) in [6.07, 6.45) is 0.141. The number of thioether (sulfide) groups is 1. The van der Waals surface area contributed by atoms with Crippen LogP contribution in [0.5, 0.6) is 0 Å². The van der Waals surface area contributed by atoms with Gasteiger partial charge in [-0.25, -0.2) is 0 Å². The van der Waals surface area contributed by atoms with Crippen molar-refractivity contribution >= 4 is 46.2 Å². The quantitative estimate of drug-likeness (QED) is 0.129. The third-order valence-corrected chi connectivity index (χ3v) is 10.4. The molecule has 4 aromatic rings. The largest absolute Gasteiger partial charge is 0.390 e. The zero-order valence-electron chi connectivity index (χ0n) is 30.0. The average Bonchev–Trinajstić information content (AvgIpc) is 3.11. The van der Waals surface area contributed by atoms with Crippen molar-refractivity contribution in [1.82, 2.24) is 20.9 Å². The van der Waals surface area contributed by atoms with Crippen molar-refractivity contribution in [2.24, 2.45) is 5.73 Å². The van der Waals surface area contributed by atoms with Gasteiger partial charge in [-0.3, -0.25) is 24.1 Å². The zero-order chi connectivity index (χ0) is 37.3. The van der Waals surface area contributed by atoms with Crippen molar-refractivity contribution in [3.63, 3.8) is 0 Å². The second kappa shape index (κ2) is 17.7. The molecule has 0 aromatic heterocycles. The predicted octanol–water partition coefficient (Wildman–Crippen LogP) is 4.44. The average molecular weight is 724 g/mol. The summed E-state index contributed by atoms with van der Waals surface area (Å²) in [5, 5.41) is 22.6. The Bertz CT molecular complexity index is 1830. The number of rotatable bonds is 14. The minimum atomic E-state index is -1.28. The number of primary amides is 1. The smallest absolute Gasteiger partial charge is 0.251 e. The second-order valence-corrected chi connectivity index (χ2v) is 15.8. The molecule has 1 saturated heterocycles. The van der Waals surface area contributed by atoms with Crippen LogP contribution in [0.3, 0.4) is 0 Å². The van der Waals surface area contributed by atoms with Crippen molar-refractivity contribution in [2.45, 2.75) is 86.4 Å². The van der Waals surface area contributed by atoms with Gasteiger partial charge in [0.1, 0.15) is 6.04 Å². The Hall–Kier alpha value is -4.71. The number of likely N-dealkylation sites (tertiary alicyclic amines) is 1. The maximum atomic E-state index is 13.9. The van der Waals surface area contributed by atoms with E-state index in [2.05, 4.69) is 28.1 Å². The molecule has 52 heavy (non-hydrogen) atoms. The lowest BCUT2D eigenvalue weighted by molar-refractivity contribution is -0.130. The van der Waals surface area contributed by atoms with Crippen LogP contribution in [0.2, 0.25) is 0 Å². The number of nitrogens with two attached hydrogens (primary N) is 1. The molecule has 0 spiro atoms. The number of nitrogens with one attached hydrogen (secondary N) is 3. The number of piperidine rings is 1. The lowest BCUT2D eigenvalue weighted by atomic mass is 9.96. The van der Waals surface area contributed by atoms with E-state index in [0.29, 0.717) is 18.5 Å². The highest BCUT2D eigenvalue weighted by molar-refractivity contribution is 8.00. The topological polar surface area (TPSA) is 154 Å². The number of hydrogen-bond acceptors (Lipinski definition) is 7. The predicted molar refractivity (Wildman–Crippen MR) is 206 cm³/mol. The van der Waals surface area contributed by atoms with E-state index in [1.54, 1.807) is 23.9 Å².